The first-order valence-electron chi connectivity index (χ1n) is 13.8. The Morgan fingerprint density at radius 1 is 1.10 bits per heavy atom. The van der Waals surface area contributed by atoms with Crippen LogP contribution in [-0.2, 0) is 0 Å². The standard InChI is InChI=1S/C29H29N11S/c1-17(2)35-23-12-24(25-5-4-21-10-18(13-30)14-34-40(21)25)33-15-22(23)28-38-37-27(41-28)20-11-19-6-9-39(16-20)26(19)36-29-31-7-3-8-32-29/h3-5,7-8,10,12,14-15,17,19-20,26H,6,9,11,16H2,1-2H3,(H,33,35)(H,31,32,36)/t19-,20?,26+/m1/s1. The van der Waals surface area contributed by atoms with Crippen molar-refractivity contribution in [2.45, 2.75) is 44.8 Å². The average Bonchev–Trinajstić information content (AvgIpc) is 3.69. The van der Waals surface area contributed by atoms with E-state index in [0.717, 1.165) is 64.1 Å². The summed E-state index contributed by atoms with van der Waals surface area (Å²) in [5, 5.41) is 32.0. The number of anilines is 2. The van der Waals surface area contributed by atoms with Crippen molar-refractivity contribution in [1.29, 1.82) is 5.26 Å². The van der Waals surface area contributed by atoms with E-state index in [1.807, 2.05) is 41.0 Å². The van der Waals surface area contributed by atoms with E-state index in [9.17, 15) is 5.26 Å². The Labute approximate surface area is 241 Å². The zero-order chi connectivity index (χ0) is 27.9. The van der Waals surface area contributed by atoms with Gasteiger partial charge in [-0.1, -0.05) is 11.3 Å². The van der Waals surface area contributed by atoms with E-state index in [0.29, 0.717) is 23.3 Å². The van der Waals surface area contributed by atoms with E-state index >= 15 is 0 Å². The molecule has 7 heterocycles. The van der Waals surface area contributed by atoms with E-state index in [2.05, 4.69) is 60.7 Å². The molecule has 5 aromatic heterocycles. The molecule has 2 aliphatic rings. The third-order valence-corrected chi connectivity index (χ3v) is 8.89. The van der Waals surface area contributed by atoms with Crippen molar-refractivity contribution in [2.24, 2.45) is 5.92 Å². The zero-order valence-electron chi connectivity index (χ0n) is 22.8. The summed E-state index contributed by atoms with van der Waals surface area (Å²) in [7, 11) is 0. The molecule has 0 aromatic carbocycles. The second kappa shape index (κ2) is 10.5. The fourth-order valence-corrected chi connectivity index (χ4v) is 6.93. The van der Waals surface area contributed by atoms with Gasteiger partial charge in [-0.2, -0.15) is 10.4 Å². The summed E-state index contributed by atoms with van der Waals surface area (Å²) in [5.41, 5.74) is 4.91. The average molecular weight is 564 g/mol. The van der Waals surface area contributed by atoms with Gasteiger partial charge in [-0.25, -0.2) is 14.5 Å². The second-order valence-corrected chi connectivity index (χ2v) is 11.9. The van der Waals surface area contributed by atoms with Crippen molar-refractivity contribution in [2.75, 3.05) is 23.7 Å². The van der Waals surface area contributed by atoms with Gasteiger partial charge >= 0.3 is 0 Å². The molecular formula is C29H29N11S. The van der Waals surface area contributed by atoms with Crippen LogP contribution in [0.25, 0.3) is 27.5 Å². The SMILES string of the molecule is CC(C)Nc1cc(-c2ccc3cc(C#N)cnn23)ncc1-c1nnc(C2C[C@H]3CCN(C2)[C@@H]3Nc2ncccn2)s1. The second-order valence-electron chi connectivity index (χ2n) is 10.9. The number of aromatic nitrogens is 7. The summed E-state index contributed by atoms with van der Waals surface area (Å²) in [6.07, 6.45) is 9.46. The Balaban J connectivity index is 1.14. The molecule has 0 aliphatic carbocycles. The number of hydrogen-bond acceptors (Lipinski definition) is 11. The van der Waals surface area contributed by atoms with E-state index in [4.69, 9.17) is 4.98 Å². The van der Waals surface area contributed by atoms with Crippen LogP contribution >= 0.6 is 11.3 Å². The quantitative estimate of drug-likeness (QED) is 0.288. The molecule has 2 bridgehead atoms. The summed E-state index contributed by atoms with van der Waals surface area (Å²) in [6.45, 7) is 6.23. The lowest BCUT2D eigenvalue weighted by atomic mass is 9.89. The Morgan fingerprint density at radius 2 is 1.98 bits per heavy atom. The van der Waals surface area contributed by atoms with E-state index in [1.165, 1.54) is 0 Å². The van der Waals surface area contributed by atoms with Gasteiger partial charge in [0.25, 0.3) is 0 Å². The van der Waals surface area contributed by atoms with Gasteiger partial charge in [0.2, 0.25) is 5.95 Å². The van der Waals surface area contributed by atoms with Crippen molar-refractivity contribution in [3.8, 4) is 28.0 Å². The van der Waals surface area contributed by atoms with Crippen LogP contribution in [0, 0.1) is 17.2 Å². The molecule has 2 unspecified atom stereocenters. The third kappa shape index (κ3) is 4.87. The van der Waals surface area contributed by atoms with Crippen molar-refractivity contribution >= 4 is 28.5 Å². The Bertz CT molecular complexity index is 1720. The number of hydrogen-bond donors (Lipinski definition) is 2. The van der Waals surface area contributed by atoms with Crippen LogP contribution in [0.4, 0.5) is 11.6 Å². The van der Waals surface area contributed by atoms with Crippen molar-refractivity contribution in [1.82, 2.24) is 39.7 Å². The maximum Gasteiger partial charge on any atom is 0.223 e. The highest BCUT2D eigenvalue weighted by Crippen LogP contribution is 2.43. The van der Waals surface area contributed by atoms with Crippen molar-refractivity contribution in [3.05, 3.63) is 65.7 Å². The molecule has 4 atom stereocenters. The lowest BCUT2D eigenvalue weighted by Gasteiger charge is -2.37. The van der Waals surface area contributed by atoms with Gasteiger partial charge < -0.3 is 10.6 Å². The maximum atomic E-state index is 9.22. The number of piperidine rings is 1. The van der Waals surface area contributed by atoms with Crippen LogP contribution in [0.15, 0.2) is 55.1 Å². The summed E-state index contributed by atoms with van der Waals surface area (Å²) in [4.78, 5) is 16.0. The predicted octanol–water partition coefficient (Wildman–Crippen LogP) is 4.64. The first-order chi connectivity index (χ1) is 20.1. The fraction of sp³-hybridized carbons (Fsp3) is 0.345. The number of nitrogens with zero attached hydrogens (tertiary/aromatic N) is 9. The fourth-order valence-electron chi connectivity index (χ4n) is 5.95. The molecule has 11 nitrogen and oxygen atoms in total. The third-order valence-electron chi connectivity index (χ3n) is 7.77. The number of nitriles is 1. The predicted molar refractivity (Wildman–Crippen MR) is 157 cm³/mol. The first kappa shape index (κ1) is 25.5. The molecule has 12 heteroatoms. The number of fused-ring (bicyclic) bond motifs is 3. The molecule has 0 radical (unpaired) electrons. The molecule has 41 heavy (non-hydrogen) atoms. The van der Waals surface area contributed by atoms with Crippen molar-refractivity contribution < 1.29 is 0 Å². The summed E-state index contributed by atoms with van der Waals surface area (Å²) in [6, 6.07) is 12.0. The van der Waals surface area contributed by atoms with E-state index in [1.54, 1.807) is 29.9 Å². The smallest absolute Gasteiger partial charge is 0.223 e. The van der Waals surface area contributed by atoms with Gasteiger partial charge in [-0.3, -0.25) is 9.88 Å². The van der Waals surface area contributed by atoms with Crippen LogP contribution in [0.1, 0.15) is 43.2 Å². The normalized spacial score (nSPS) is 21.7. The molecular weight excluding hydrogens is 534 g/mol. The van der Waals surface area contributed by atoms with Gasteiger partial charge in [0.05, 0.1) is 40.4 Å². The van der Waals surface area contributed by atoms with Crippen LogP contribution in [0.5, 0.6) is 0 Å². The molecule has 0 amide bonds. The summed E-state index contributed by atoms with van der Waals surface area (Å²) < 4.78 is 1.81. The van der Waals surface area contributed by atoms with Crippen LogP contribution < -0.4 is 10.6 Å². The van der Waals surface area contributed by atoms with Gasteiger partial charge in [-0.15, -0.1) is 10.2 Å². The van der Waals surface area contributed by atoms with Crippen LogP contribution in [0.2, 0.25) is 0 Å². The highest BCUT2D eigenvalue weighted by molar-refractivity contribution is 7.14. The van der Waals surface area contributed by atoms with Crippen LogP contribution in [0.3, 0.4) is 0 Å². The minimum absolute atomic E-state index is 0.219. The zero-order valence-corrected chi connectivity index (χ0v) is 23.6. The summed E-state index contributed by atoms with van der Waals surface area (Å²) in [5.74, 6) is 1.54. The van der Waals surface area contributed by atoms with E-state index in [-0.39, 0.29) is 12.2 Å². The maximum absolute atomic E-state index is 9.22. The molecule has 0 spiro atoms. The lowest BCUT2D eigenvalue weighted by Crippen LogP contribution is -2.46. The lowest BCUT2D eigenvalue weighted by molar-refractivity contribution is 0.176. The number of rotatable bonds is 7. The molecule has 2 fully saturated rings. The molecule has 0 saturated carbocycles. The molecule has 206 valence electrons. The van der Waals surface area contributed by atoms with Gasteiger partial charge in [-0.05, 0) is 62.9 Å². The molecule has 2 saturated heterocycles. The minimum atomic E-state index is 0.219. The number of nitrogens with one attached hydrogen (secondary N) is 2. The monoisotopic (exact) mass is 563 g/mol. The molecule has 5 aromatic rings. The Hall–Kier alpha value is -4.47. The topological polar surface area (TPSA) is 133 Å². The van der Waals surface area contributed by atoms with Gasteiger partial charge in [0.1, 0.15) is 11.1 Å². The molecule has 2 aliphatic heterocycles. The highest BCUT2D eigenvalue weighted by atomic mass is 32.1. The van der Waals surface area contributed by atoms with Crippen molar-refractivity contribution in [3.63, 3.8) is 0 Å². The molecule has 7 rings (SSSR count). The van der Waals surface area contributed by atoms with Crippen LogP contribution in [-0.4, -0.2) is 65.0 Å². The minimum Gasteiger partial charge on any atom is -0.382 e. The first-order valence-corrected chi connectivity index (χ1v) is 14.6. The Kier molecular flexibility index (Phi) is 6.53. The highest BCUT2D eigenvalue weighted by Gasteiger charge is 2.42. The number of pyridine rings is 1. The van der Waals surface area contributed by atoms with E-state index < -0.39 is 0 Å². The van der Waals surface area contributed by atoms with Gasteiger partial charge in [0.15, 0.2) is 5.01 Å². The summed E-state index contributed by atoms with van der Waals surface area (Å²) >= 11 is 1.66. The largest absolute Gasteiger partial charge is 0.382 e. The Morgan fingerprint density at radius 3 is 2.78 bits per heavy atom. The molecule has 2 N–H and O–H groups in total. The van der Waals surface area contributed by atoms with Gasteiger partial charge in [0, 0.05) is 49.3 Å².